The highest BCUT2D eigenvalue weighted by molar-refractivity contribution is 5.82. The van der Waals surface area contributed by atoms with Crippen LogP contribution in [0.4, 0.5) is 0 Å². The molecule has 0 heterocycles. The van der Waals surface area contributed by atoms with E-state index in [-0.39, 0.29) is 5.75 Å². The summed E-state index contributed by atoms with van der Waals surface area (Å²) in [6, 6.07) is 6.04. The first-order valence-corrected chi connectivity index (χ1v) is 5.47. The van der Waals surface area contributed by atoms with Crippen LogP contribution in [0.15, 0.2) is 24.3 Å². The molecule has 0 aliphatic carbocycles. The number of benzene rings is 1. The second-order valence-electron chi connectivity index (χ2n) is 4.15. The molecule has 5 nitrogen and oxygen atoms in total. The van der Waals surface area contributed by atoms with Crippen LogP contribution in [0.3, 0.4) is 0 Å². The van der Waals surface area contributed by atoms with E-state index in [2.05, 4.69) is 5.32 Å². The number of aromatic hydroxyl groups is 1. The van der Waals surface area contributed by atoms with Gasteiger partial charge in [-0.3, -0.25) is 4.79 Å². The van der Waals surface area contributed by atoms with Gasteiger partial charge in [0, 0.05) is 18.7 Å². The monoisotopic (exact) mass is 237 g/mol. The van der Waals surface area contributed by atoms with Crippen LogP contribution in [-0.4, -0.2) is 43.1 Å². The Labute approximate surface area is 101 Å². The van der Waals surface area contributed by atoms with Crippen LogP contribution >= 0.6 is 0 Å². The molecular formula is C12H19N3O2. The molecule has 0 radical (unpaired) electrons. The van der Waals surface area contributed by atoms with Gasteiger partial charge in [-0.15, -0.1) is 0 Å². The fourth-order valence-corrected chi connectivity index (χ4v) is 1.53. The Bertz CT molecular complexity index is 380. The third-order valence-electron chi connectivity index (χ3n) is 2.44. The Balaban J connectivity index is 2.73. The van der Waals surface area contributed by atoms with Gasteiger partial charge in [0.1, 0.15) is 11.8 Å². The van der Waals surface area contributed by atoms with Crippen molar-refractivity contribution in [3.05, 3.63) is 29.8 Å². The van der Waals surface area contributed by atoms with Crippen LogP contribution in [0.25, 0.3) is 0 Å². The van der Waals surface area contributed by atoms with Gasteiger partial charge >= 0.3 is 0 Å². The van der Waals surface area contributed by atoms with Gasteiger partial charge in [0.05, 0.1) is 0 Å². The summed E-state index contributed by atoms with van der Waals surface area (Å²) in [5.74, 6) is -0.418. The molecule has 0 spiro atoms. The molecule has 0 aliphatic rings. The zero-order valence-electron chi connectivity index (χ0n) is 10.2. The molecule has 17 heavy (non-hydrogen) atoms. The van der Waals surface area contributed by atoms with E-state index in [0.717, 1.165) is 6.54 Å². The van der Waals surface area contributed by atoms with Gasteiger partial charge in [0.25, 0.3) is 0 Å². The van der Waals surface area contributed by atoms with Crippen molar-refractivity contribution < 1.29 is 9.90 Å². The summed E-state index contributed by atoms with van der Waals surface area (Å²) in [4.78, 5) is 13.4. The minimum absolute atomic E-state index is 0.0775. The van der Waals surface area contributed by atoms with Gasteiger partial charge in [-0.25, -0.2) is 0 Å². The molecule has 4 N–H and O–H groups in total. The van der Waals surface area contributed by atoms with Crippen molar-refractivity contribution in [1.82, 2.24) is 10.2 Å². The van der Waals surface area contributed by atoms with Crippen molar-refractivity contribution in [3.63, 3.8) is 0 Å². The maximum Gasteiger partial charge on any atom is 0.239 e. The van der Waals surface area contributed by atoms with E-state index in [1.807, 2.05) is 19.0 Å². The molecule has 1 amide bonds. The quantitative estimate of drug-likeness (QED) is 0.654. The van der Waals surface area contributed by atoms with Crippen molar-refractivity contribution in [2.45, 2.75) is 6.04 Å². The fourth-order valence-electron chi connectivity index (χ4n) is 1.53. The highest BCUT2D eigenvalue weighted by Gasteiger charge is 2.19. The van der Waals surface area contributed by atoms with Gasteiger partial charge in [-0.05, 0) is 20.2 Å². The molecule has 1 atom stereocenters. The Morgan fingerprint density at radius 3 is 2.65 bits per heavy atom. The molecule has 1 aromatic carbocycles. The third-order valence-corrected chi connectivity index (χ3v) is 2.44. The summed E-state index contributed by atoms with van der Waals surface area (Å²) in [5, 5.41) is 12.7. The van der Waals surface area contributed by atoms with E-state index in [0.29, 0.717) is 12.1 Å². The highest BCUT2D eigenvalue weighted by Crippen LogP contribution is 2.23. The summed E-state index contributed by atoms with van der Waals surface area (Å²) in [6.45, 7) is 1.41. The Kier molecular flexibility index (Phi) is 4.93. The molecule has 0 bridgehead atoms. The van der Waals surface area contributed by atoms with Gasteiger partial charge < -0.3 is 21.1 Å². The molecule has 1 unspecified atom stereocenters. The largest absolute Gasteiger partial charge is 0.508 e. The Hall–Kier alpha value is -1.59. The number of amides is 1. The molecule has 0 fully saturated rings. The number of phenols is 1. The molecule has 5 heteroatoms. The van der Waals surface area contributed by atoms with E-state index >= 15 is 0 Å². The van der Waals surface area contributed by atoms with Crippen LogP contribution in [0, 0.1) is 0 Å². The number of carbonyl (C=O) groups is 1. The summed E-state index contributed by atoms with van der Waals surface area (Å²) in [5.41, 5.74) is 5.84. The molecule has 0 aliphatic heterocycles. The van der Waals surface area contributed by atoms with E-state index in [1.54, 1.807) is 24.3 Å². The highest BCUT2D eigenvalue weighted by atomic mass is 16.3. The summed E-state index contributed by atoms with van der Waals surface area (Å²) in [6.07, 6.45) is 0. The molecule has 1 rings (SSSR count). The van der Waals surface area contributed by atoms with E-state index < -0.39 is 11.9 Å². The van der Waals surface area contributed by atoms with Crippen LogP contribution in [0.2, 0.25) is 0 Å². The summed E-state index contributed by atoms with van der Waals surface area (Å²) >= 11 is 0. The molecule has 94 valence electrons. The lowest BCUT2D eigenvalue weighted by atomic mass is 10.1. The van der Waals surface area contributed by atoms with Crippen LogP contribution in [-0.2, 0) is 4.79 Å². The van der Waals surface area contributed by atoms with Crippen LogP contribution < -0.4 is 11.1 Å². The number of para-hydroxylation sites is 1. The number of hydrogen-bond donors (Lipinski definition) is 3. The minimum Gasteiger partial charge on any atom is -0.508 e. The summed E-state index contributed by atoms with van der Waals surface area (Å²) in [7, 11) is 3.89. The Morgan fingerprint density at radius 1 is 1.47 bits per heavy atom. The Morgan fingerprint density at radius 2 is 2.12 bits per heavy atom. The predicted octanol–water partition coefficient (Wildman–Crippen LogP) is 0.0698. The second kappa shape index (κ2) is 6.22. The minimum atomic E-state index is -0.656. The molecule has 0 saturated carbocycles. The van der Waals surface area contributed by atoms with Crippen LogP contribution in [0.1, 0.15) is 11.6 Å². The number of carbonyl (C=O) groups excluding carboxylic acids is 1. The molecular weight excluding hydrogens is 218 g/mol. The SMILES string of the molecule is CN(C)CCNC(C(N)=O)c1ccccc1O. The fraction of sp³-hybridized carbons (Fsp3) is 0.417. The van der Waals surface area contributed by atoms with E-state index in [1.165, 1.54) is 0 Å². The smallest absolute Gasteiger partial charge is 0.239 e. The normalized spacial score (nSPS) is 12.6. The lowest BCUT2D eigenvalue weighted by molar-refractivity contribution is -0.120. The van der Waals surface area contributed by atoms with Gasteiger partial charge in [-0.1, -0.05) is 18.2 Å². The summed E-state index contributed by atoms with van der Waals surface area (Å²) < 4.78 is 0. The lowest BCUT2D eigenvalue weighted by Crippen LogP contribution is -2.37. The van der Waals surface area contributed by atoms with E-state index in [9.17, 15) is 9.90 Å². The number of primary amides is 1. The number of hydrogen-bond acceptors (Lipinski definition) is 4. The first kappa shape index (κ1) is 13.5. The standard InChI is InChI=1S/C12H19N3O2/c1-15(2)8-7-14-11(12(13)17)9-5-3-4-6-10(9)16/h3-6,11,14,16H,7-8H2,1-2H3,(H2,13,17). The number of phenolic OH excluding ortho intramolecular Hbond substituents is 1. The lowest BCUT2D eigenvalue weighted by Gasteiger charge is -2.18. The number of nitrogens with one attached hydrogen (secondary N) is 1. The topological polar surface area (TPSA) is 78.6 Å². The molecule has 1 aromatic rings. The average Bonchev–Trinajstić information content (AvgIpc) is 2.25. The first-order valence-electron chi connectivity index (χ1n) is 5.47. The zero-order chi connectivity index (χ0) is 12.8. The maximum absolute atomic E-state index is 11.4. The van der Waals surface area contributed by atoms with Crippen molar-refractivity contribution >= 4 is 5.91 Å². The second-order valence-corrected chi connectivity index (χ2v) is 4.15. The van der Waals surface area contributed by atoms with E-state index in [4.69, 9.17) is 5.73 Å². The van der Waals surface area contributed by atoms with Crippen molar-refractivity contribution in [3.8, 4) is 5.75 Å². The van der Waals surface area contributed by atoms with Crippen molar-refractivity contribution in [2.24, 2.45) is 5.73 Å². The van der Waals surface area contributed by atoms with Crippen molar-refractivity contribution in [1.29, 1.82) is 0 Å². The number of rotatable bonds is 6. The van der Waals surface area contributed by atoms with Gasteiger partial charge in [0.15, 0.2) is 0 Å². The zero-order valence-corrected chi connectivity index (χ0v) is 10.2. The average molecular weight is 237 g/mol. The van der Waals surface area contributed by atoms with Crippen LogP contribution in [0.5, 0.6) is 5.75 Å². The predicted molar refractivity (Wildman–Crippen MR) is 66.6 cm³/mol. The third kappa shape index (κ3) is 4.05. The molecule has 0 saturated heterocycles. The van der Waals surface area contributed by atoms with Gasteiger partial charge in [-0.2, -0.15) is 0 Å². The molecule has 0 aromatic heterocycles. The number of nitrogens with zero attached hydrogens (tertiary/aromatic N) is 1. The number of nitrogens with two attached hydrogens (primary N) is 1. The first-order chi connectivity index (χ1) is 8.02. The van der Waals surface area contributed by atoms with Gasteiger partial charge in [0.2, 0.25) is 5.91 Å². The van der Waals surface area contributed by atoms with Crippen molar-refractivity contribution in [2.75, 3.05) is 27.2 Å². The number of likely N-dealkylation sites (N-methyl/N-ethyl adjacent to an activating group) is 1. The maximum atomic E-state index is 11.4.